The molecule has 0 radical (unpaired) electrons. The number of aliphatic hydroxyl groups is 1. The summed E-state index contributed by atoms with van der Waals surface area (Å²) in [5, 5.41) is 8.57. The minimum Gasteiger partial charge on any atom is -0.401 e. The normalized spacial score (nSPS) is 12.7. The minimum absolute atomic E-state index is 0.0508. The first-order valence-electron chi connectivity index (χ1n) is 4.17. The monoisotopic (exact) mass is 279 g/mol. The van der Waals surface area contributed by atoms with Crippen molar-refractivity contribution in [2.75, 3.05) is 0 Å². The molecule has 102 valence electrons. The molecule has 1 heterocycles. The van der Waals surface area contributed by atoms with Crippen LogP contribution in [0.3, 0.4) is 0 Å². The maximum atomic E-state index is 13.3. The largest absolute Gasteiger partial charge is 0.573 e. The highest BCUT2D eigenvalue weighted by molar-refractivity contribution is 5.33. The molecule has 0 aliphatic heterocycles. The summed E-state index contributed by atoms with van der Waals surface area (Å²) in [5.74, 6) is -3.50. The summed E-state index contributed by atoms with van der Waals surface area (Å²) in [6, 6.07) is 0. The van der Waals surface area contributed by atoms with E-state index in [-0.39, 0.29) is 6.20 Å². The third-order valence-electron chi connectivity index (χ3n) is 1.73. The second-order valence-corrected chi connectivity index (χ2v) is 2.97. The average molecular weight is 279 g/mol. The quantitative estimate of drug-likeness (QED) is 0.846. The molecule has 0 aliphatic rings. The lowest BCUT2D eigenvalue weighted by atomic mass is 10.2. The molecule has 0 bridgehead atoms. The lowest BCUT2D eigenvalue weighted by Crippen LogP contribution is -2.20. The maximum absolute atomic E-state index is 13.3. The van der Waals surface area contributed by atoms with Crippen molar-refractivity contribution in [3.63, 3.8) is 0 Å². The summed E-state index contributed by atoms with van der Waals surface area (Å²) in [5.41, 5.74) is -3.22. The first-order chi connectivity index (χ1) is 8.06. The molecule has 10 heteroatoms. The first-order valence-corrected chi connectivity index (χ1v) is 4.17. The van der Waals surface area contributed by atoms with Crippen LogP contribution in [0.25, 0.3) is 0 Å². The standard InChI is InChI=1S/C8H4F7NO2/c9-5-3(2-17)6(7(10,11)12)16-1-4(5)18-8(13,14)15/h1,17H,2H2. The van der Waals surface area contributed by atoms with Gasteiger partial charge in [0.15, 0.2) is 17.3 Å². The second-order valence-electron chi connectivity index (χ2n) is 2.97. The van der Waals surface area contributed by atoms with E-state index in [4.69, 9.17) is 5.11 Å². The number of pyridine rings is 1. The van der Waals surface area contributed by atoms with Crippen molar-refractivity contribution in [1.82, 2.24) is 4.98 Å². The van der Waals surface area contributed by atoms with Crippen molar-refractivity contribution in [3.05, 3.63) is 23.3 Å². The molecule has 0 saturated heterocycles. The van der Waals surface area contributed by atoms with E-state index in [0.29, 0.717) is 0 Å². The molecule has 0 aromatic carbocycles. The lowest BCUT2D eigenvalue weighted by Gasteiger charge is -2.14. The van der Waals surface area contributed by atoms with E-state index in [9.17, 15) is 30.7 Å². The van der Waals surface area contributed by atoms with Crippen LogP contribution < -0.4 is 4.74 Å². The summed E-state index contributed by atoms with van der Waals surface area (Å²) in [7, 11) is 0. The van der Waals surface area contributed by atoms with E-state index in [1.165, 1.54) is 0 Å². The Morgan fingerprint density at radius 2 is 1.72 bits per heavy atom. The second kappa shape index (κ2) is 4.59. The summed E-state index contributed by atoms with van der Waals surface area (Å²) in [4.78, 5) is 2.62. The van der Waals surface area contributed by atoms with Gasteiger partial charge in [0.2, 0.25) is 0 Å². The Morgan fingerprint density at radius 1 is 1.17 bits per heavy atom. The number of nitrogens with zero attached hydrogens (tertiary/aromatic N) is 1. The number of hydrogen-bond donors (Lipinski definition) is 1. The van der Waals surface area contributed by atoms with Crippen LogP contribution in [0.15, 0.2) is 6.20 Å². The highest BCUT2D eigenvalue weighted by Gasteiger charge is 2.39. The molecule has 1 N–H and O–H groups in total. The maximum Gasteiger partial charge on any atom is 0.573 e. The van der Waals surface area contributed by atoms with Crippen LogP contribution in [-0.4, -0.2) is 16.5 Å². The SMILES string of the molecule is OCc1c(C(F)(F)F)ncc(OC(F)(F)F)c1F. The van der Waals surface area contributed by atoms with Crippen LogP contribution >= 0.6 is 0 Å². The third kappa shape index (κ3) is 3.22. The summed E-state index contributed by atoms with van der Waals surface area (Å²) in [6.07, 6.45) is -10.4. The first kappa shape index (κ1) is 14.5. The number of halogens is 7. The van der Waals surface area contributed by atoms with Gasteiger partial charge < -0.3 is 9.84 Å². The molecule has 0 atom stereocenters. The molecular formula is C8H4F7NO2. The smallest absolute Gasteiger partial charge is 0.401 e. The molecule has 0 spiro atoms. The van der Waals surface area contributed by atoms with Gasteiger partial charge in [0.1, 0.15) is 0 Å². The predicted octanol–water partition coefficient (Wildman–Crippen LogP) is 2.63. The Labute approximate surface area is 94.8 Å². The zero-order chi connectivity index (χ0) is 14.1. The molecule has 18 heavy (non-hydrogen) atoms. The van der Waals surface area contributed by atoms with Crippen molar-refractivity contribution in [3.8, 4) is 5.75 Å². The minimum atomic E-state index is -5.28. The van der Waals surface area contributed by atoms with Crippen molar-refractivity contribution >= 4 is 0 Å². The van der Waals surface area contributed by atoms with E-state index in [1.807, 2.05) is 0 Å². The summed E-state index contributed by atoms with van der Waals surface area (Å²) in [6.45, 7) is -1.47. The zero-order valence-electron chi connectivity index (χ0n) is 8.23. The van der Waals surface area contributed by atoms with Crippen molar-refractivity contribution in [1.29, 1.82) is 0 Å². The molecule has 0 saturated carbocycles. The fourth-order valence-electron chi connectivity index (χ4n) is 1.09. The molecule has 3 nitrogen and oxygen atoms in total. The molecule has 0 unspecified atom stereocenters. The van der Waals surface area contributed by atoms with Gasteiger partial charge in [0.05, 0.1) is 12.8 Å². The number of aromatic nitrogens is 1. The molecule has 0 aliphatic carbocycles. The summed E-state index contributed by atoms with van der Waals surface area (Å²) < 4.78 is 88.6. The van der Waals surface area contributed by atoms with Crippen molar-refractivity contribution in [2.24, 2.45) is 0 Å². The Balaban J connectivity index is 3.29. The van der Waals surface area contributed by atoms with Crippen molar-refractivity contribution < 1.29 is 40.6 Å². The van der Waals surface area contributed by atoms with E-state index >= 15 is 0 Å². The molecule has 1 aromatic heterocycles. The highest BCUT2D eigenvalue weighted by atomic mass is 19.4. The summed E-state index contributed by atoms with van der Waals surface area (Å²) >= 11 is 0. The van der Waals surface area contributed by atoms with Crippen LogP contribution in [-0.2, 0) is 12.8 Å². The topological polar surface area (TPSA) is 42.4 Å². The molecule has 1 aromatic rings. The van der Waals surface area contributed by atoms with E-state index < -0.39 is 42.0 Å². The Kier molecular flexibility index (Phi) is 3.70. The number of hydrogen-bond acceptors (Lipinski definition) is 3. The van der Waals surface area contributed by atoms with Crippen LogP contribution in [0.4, 0.5) is 30.7 Å². The fraction of sp³-hybridized carbons (Fsp3) is 0.375. The number of rotatable bonds is 2. The lowest BCUT2D eigenvalue weighted by molar-refractivity contribution is -0.275. The fourth-order valence-corrected chi connectivity index (χ4v) is 1.09. The van der Waals surface area contributed by atoms with E-state index in [1.54, 1.807) is 0 Å². The van der Waals surface area contributed by atoms with Gasteiger partial charge in [0.25, 0.3) is 0 Å². The van der Waals surface area contributed by atoms with Crippen LogP contribution in [0, 0.1) is 5.82 Å². The van der Waals surface area contributed by atoms with E-state index in [0.717, 1.165) is 0 Å². The third-order valence-corrected chi connectivity index (χ3v) is 1.73. The van der Waals surface area contributed by atoms with Crippen LogP contribution in [0.5, 0.6) is 5.75 Å². The van der Waals surface area contributed by atoms with Gasteiger partial charge in [-0.05, 0) is 0 Å². The number of aliphatic hydroxyl groups excluding tert-OH is 1. The van der Waals surface area contributed by atoms with Gasteiger partial charge >= 0.3 is 12.5 Å². The Bertz CT molecular complexity index is 440. The molecule has 1 rings (SSSR count). The van der Waals surface area contributed by atoms with Gasteiger partial charge in [-0.25, -0.2) is 9.37 Å². The predicted molar refractivity (Wildman–Crippen MR) is 41.8 cm³/mol. The molecular weight excluding hydrogens is 275 g/mol. The van der Waals surface area contributed by atoms with E-state index in [2.05, 4.69) is 9.72 Å². The zero-order valence-corrected chi connectivity index (χ0v) is 8.23. The van der Waals surface area contributed by atoms with Crippen LogP contribution in [0.1, 0.15) is 11.3 Å². The van der Waals surface area contributed by atoms with Crippen LogP contribution in [0.2, 0.25) is 0 Å². The Hall–Kier alpha value is -1.58. The Morgan fingerprint density at radius 3 is 2.11 bits per heavy atom. The molecule has 0 fully saturated rings. The average Bonchev–Trinajstić information content (AvgIpc) is 2.17. The molecule has 0 amide bonds. The highest BCUT2D eigenvalue weighted by Crippen LogP contribution is 2.35. The number of alkyl halides is 6. The van der Waals surface area contributed by atoms with Gasteiger partial charge in [-0.3, -0.25) is 0 Å². The van der Waals surface area contributed by atoms with Gasteiger partial charge in [-0.1, -0.05) is 0 Å². The van der Waals surface area contributed by atoms with Gasteiger partial charge in [-0.15, -0.1) is 13.2 Å². The van der Waals surface area contributed by atoms with Gasteiger partial charge in [-0.2, -0.15) is 13.2 Å². The number of ether oxygens (including phenoxy) is 1. The van der Waals surface area contributed by atoms with Crippen molar-refractivity contribution in [2.45, 2.75) is 19.1 Å². The van der Waals surface area contributed by atoms with Gasteiger partial charge in [0, 0.05) is 5.56 Å².